The fourth-order valence-corrected chi connectivity index (χ4v) is 7.97. The number of halogens is 7. The fourth-order valence-electron chi connectivity index (χ4n) is 7.97. The van der Waals surface area contributed by atoms with Crippen LogP contribution in [0.2, 0.25) is 0 Å². The highest BCUT2D eigenvalue weighted by atomic mass is 127. The van der Waals surface area contributed by atoms with Crippen molar-refractivity contribution in [2.75, 3.05) is 30.6 Å². The standard InChI is InChI=1S/C23H24F3N3O3.C21H23N3O3.C2H2F3I/c24-23(25,26)16-29-20-11-5-4-10-19(20)28(21(29)30)14-18-9-6-12-27(13-18)22(31)32-15-17-7-2-1-3-8-17;25-20-22-18-10-4-5-11-19(18)24(20)14-17-9-6-12-23(13-17)21(26)27-15-16-7-2-1-3-8-16;3-2(4,5)1-6/h1-5,7-8,10-11,18H,6,9,12-16H2;1-5,7-8,10-11,17H,6,9,12-15H2,(H,22,25);1H2. The molecule has 2 saturated heterocycles. The zero-order valence-corrected chi connectivity index (χ0v) is 37.4. The lowest BCUT2D eigenvalue weighted by molar-refractivity contribution is -0.140. The van der Waals surface area contributed by atoms with Gasteiger partial charge in [-0.05, 0) is 72.9 Å². The minimum Gasteiger partial charge on any atom is -0.445 e. The number of imidazole rings is 2. The number of likely N-dealkylation sites (tertiary alicyclic amines) is 2. The number of benzene rings is 4. The van der Waals surface area contributed by atoms with E-state index in [2.05, 4.69) is 4.98 Å². The van der Waals surface area contributed by atoms with Gasteiger partial charge in [0.2, 0.25) is 0 Å². The van der Waals surface area contributed by atoms with Gasteiger partial charge in [-0.15, -0.1) is 0 Å². The number of carbonyl (C=O) groups excluding carboxylic acids is 2. The zero-order chi connectivity index (χ0) is 46.6. The van der Waals surface area contributed by atoms with Crippen LogP contribution in [0.4, 0.5) is 35.9 Å². The SMILES string of the molecule is FC(F)(F)CI.O=C(OCc1ccccc1)N1CCCC(Cn2c(=O)[nH]c3ccccc32)C1.O=C(OCc1ccccc1)N1CCCC(Cn2c(=O)n(CC(F)(F)F)c3ccccc32)C1. The molecule has 2 fully saturated rings. The van der Waals surface area contributed by atoms with Crippen LogP contribution in [0.15, 0.2) is 119 Å². The third-order valence-corrected chi connectivity index (χ3v) is 11.8. The highest BCUT2D eigenvalue weighted by molar-refractivity contribution is 14.1. The average Bonchev–Trinajstić information content (AvgIpc) is 3.75. The van der Waals surface area contributed by atoms with Crippen molar-refractivity contribution in [3.05, 3.63) is 141 Å². The molecule has 65 heavy (non-hydrogen) atoms. The van der Waals surface area contributed by atoms with Gasteiger partial charge in [-0.3, -0.25) is 13.7 Å². The number of nitrogens with one attached hydrogen (secondary N) is 1. The number of fused-ring (bicyclic) bond motifs is 2. The number of piperidine rings is 2. The molecule has 8 rings (SSSR count). The van der Waals surface area contributed by atoms with Gasteiger partial charge in [-0.2, -0.15) is 26.3 Å². The first-order chi connectivity index (χ1) is 31.1. The van der Waals surface area contributed by atoms with Crippen molar-refractivity contribution in [2.45, 2.75) is 70.9 Å². The van der Waals surface area contributed by atoms with Crippen molar-refractivity contribution in [2.24, 2.45) is 11.8 Å². The number of aromatic amines is 1. The molecule has 348 valence electrons. The molecule has 4 aromatic carbocycles. The molecule has 19 heteroatoms. The minimum absolute atomic E-state index is 0.0594. The Morgan fingerprint density at radius 2 is 1.03 bits per heavy atom. The van der Waals surface area contributed by atoms with Gasteiger partial charge in [0.25, 0.3) is 0 Å². The van der Waals surface area contributed by atoms with Crippen molar-refractivity contribution >= 4 is 56.8 Å². The Morgan fingerprint density at radius 1 is 0.600 bits per heavy atom. The van der Waals surface area contributed by atoms with E-state index in [1.165, 1.54) is 33.2 Å². The topological polar surface area (TPSA) is 124 Å². The molecule has 0 saturated carbocycles. The second kappa shape index (κ2) is 22.4. The first kappa shape index (κ1) is 48.7. The molecule has 6 aromatic rings. The highest BCUT2D eigenvalue weighted by Gasteiger charge is 2.32. The molecule has 2 aromatic heterocycles. The molecule has 2 unspecified atom stereocenters. The van der Waals surface area contributed by atoms with Crippen molar-refractivity contribution in [1.29, 1.82) is 0 Å². The molecular formula is C46H49F6IN6O6. The Labute approximate surface area is 383 Å². The van der Waals surface area contributed by atoms with Crippen LogP contribution >= 0.6 is 22.6 Å². The molecule has 2 amide bonds. The summed E-state index contributed by atoms with van der Waals surface area (Å²) in [5.74, 6) is 0.177. The Balaban J connectivity index is 0.000000193. The van der Waals surface area contributed by atoms with Crippen LogP contribution < -0.4 is 11.4 Å². The van der Waals surface area contributed by atoms with E-state index in [0.717, 1.165) is 52.4 Å². The molecule has 2 aliphatic rings. The van der Waals surface area contributed by atoms with Crippen LogP contribution in [0.5, 0.6) is 0 Å². The first-order valence-corrected chi connectivity index (χ1v) is 22.6. The summed E-state index contributed by atoms with van der Waals surface area (Å²) < 4.78 is 85.5. The summed E-state index contributed by atoms with van der Waals surface area (Å²) in [4.78, 5) is 56.3. The summed E-state index contributed by atoms with van der Waals surface area (Å²) in [6.45, 7) is 2.22. The van der Waals surface area contributed by atoms with E-state index >= 15 is 0 Å². The van der Waals surface area contributed by atoms with Crippen molar-refractivity contribution in [3.63, 3.8) is 0 Å². The van der Waals surface area contributed by atoms with E-state index in [-0.39, 0.29) is 48.9 Å². The van der Waals surface area contributed by atoms with Crippen LogP contribution in [0, 0.1) is 11.8 Å². The smallest absolute Gasteiger partial charge is 0.410 e. The van der Waals surface area contributed by atoms with Gasteiger partial charge in [0, 0.05) is 39.3 Å². The summed E-state index contributed by atoms with van der Waals surface area (Å²) in [5.41, 5.74) is 3.55. The number of hydrogen-bond acceptors (Lipinski definition) is 6. The van der Waals surface area contributed by atoms with Crippen LogP contribution in [0.1, 0.15) is 36.8 Å². The second-order valence-corrected chi connectivity index (χ2v) is 16.6. The normalized spacial score (nSPS) is 16.6. The van der Waals surface area contributed by atoms with Gasteiger partial charge in [0.15, 0.2) is 0 Å². The fraction of sp³-hybridized carbons (Fsp3) is 0.391. The lowest BCUT2D eigenvalue weighted by atomic mass is 9.98. The predicted molar refractivity (Wildman–Crippen MR) is 242 cm³/mol. The molecule has 0 radical (unpaired) electrons. The lowest BCUT2D eigenvalue weighted by Crippen LogP contribution is -2.42. The van der Waals surface area contributed by atoms with Crippen LogP contribution in [0.25, 0.3) is 22.1 Å². The average molecular weight is 1020 g/mol. The maximum absolute atomic E-state index is 13.0. The molecule has 0 spiro atoms. The molecule has 4 heterocycles. The number of alkyl halides is 7. The summed E-state index contributed by atoms with van der Waals surface area (Å²) in [6, 6.07) is 33.2. The van der Waals surface area contributed by atoms with E-state index < -0.39 is 35.1 Å². The maximum atomic E-state index is 13.0. The van der Waals surface area contributed by atoms with Gasteiger partial charge in [-0.25, -0.2) is 19.2 Å². The number of aromatic nitrogens is 4. The number of hydrogen-bond donors (Lipinski definition) is 1. The monoisotopic (exact) mass is 1020 g/mol. The summed E-state index contributed by atoms with van der Waals surface area (Å²) >= 11 is 1.27. The molecule has 12 nitrogen and oxygen atoms in total. The van der Waals surface area contributed by atoms with Crippen molar-refractivity contribution < 1.29 is 45.4 Å². The molecular weight excluding hydrogens is 973 g/mol. The highest BCUT2D eigenvalue weighted by Crippen LogP contribution is 2.25. The van der Waals surface area contributed by atoms with E-state index in [4.69, 9.17) is 9.47 Å². The van der Waals surface area contributed by atoms with E-state index in [9.17, 15) is 45.5 Å². The van der Waals surface area contributed by atoms with E-state index in [1.807, 2.05) is 84.9 Å². The predicted octanol–water partition coefficient (Wildman–Crippen LogP) is 9.78. The quantitative estimate of drug-likeness (QED) is 0.0875. The largest absolute Gasteiger partial charge is 0.445 e. The molecule has 2 aliphatic heterocycles. The Morgan fingerprint density at radius 3 is 1.51 bits per heavy atom. The maximum Gasteiger partial charge on any atom is 0.410 e. The van der Waals surface area contributed by atoms with Gasteiger partial charge in [0.1, 0.15) is 19.8 Å². The number of nitrogens with zero attached hydrogens (tertiary/aromatic N) is 5. The molecule has 2 atom stereocenters. The molecule has 0 aliphatic carbocycles. The summed E-state index contributed by atoms with van der Waals surface area (Å²) in [7, 11) is 0. The first-order valence-electron chi connectivity index (χ1n) is 21.0. The summed E-state index contributed by atoms with van der Waals surface area (Å²) in [6.07, 6.45) is -5.75. The van der Waals surface area contributed by atoms with Crippen molar-refractivity contribution in [1.82, 2.24) is 28.5 Å². The van der Waals surface area contributed by atoms with E-state index in [0.29, 0.717) is 38.2 Å². The number of amides is 2. The molecule has 0 bridgehead atoms. The third kappa shape index (κ3) is 14.1. The number of para-hydroxylation sites is 4. The van der Waals surface area contributed by atoms with Crippen LogP contribution in [0.3, 0.4) is 0 Å². The van der Waals surface area contributed by atoms with Gasteiger partial charge in [0.05, 0.1) is 26.5 Å². The number of carbonyl (C=O) groups is 2. The summed E-state index contributed by atoms with van der Waals surface area (Å²) in [5, 5.41) is 0. The Hall–Kier alpha value is -5.73. The molecule has 1 N–H and O–H groups in total. The van der Waals surface area contributed by atoms with Crippen LogP contribution in [-0.2, 0) is 42.3 Å². The number of rotatable bonds is 9. The third-order valence-electron chi connectivity index (χ3n) is 10.9. The van der Waals surface area contributed by atoms with Gasteiger partial charge in [-0.1, -0.05) is 108 Å². The zero-order valence-electron chi connectivity index (χ0n) is 35.3. The van der Waals surface area contributed by atoms with Crippen molar-refractivity contribution in [3.8, 4) is 0 Å². The van der Waals surface area contributed by atoms with E-state index in [1.54, 1.807) is 32.6 Å². The van der Waals surface area contributed by atoms with Gasteiger partial charge >= 0.3 is 35.9 Å². The Kier molecular flexibility index (Phi) is 16.8. The number of ether oxygens (including phenoxy) is 2. The second-order valence-electron chi connectivity index (χ2n) is 15.9. The minimum atomic E-state index is -4.50. The van der Waals surface area contributed by atoms with Crippen LogP contribution in [-0.4, -0.2) is 83.6 Å². The number of H-pyrrole nitrogens is 1. The van der Waals surface area contributed by atoms with Gasteiger partial charge < -0.3 is 24.3 Å². The lowest BCUT2D eigenvalue weighted by Gasteiger charge is -2.32. The Bertz CT molecular complexity index is 2590.